The molecule has 0 amide bonds. The minimum absolute atomic E-state index is 0.458. The van der Waals surface area contributed by atoms with Crippen LogP contribution in [0.5, 0.6) is 0 Å². The van der Waals surface area contributed by atoms with Gasteiger partial charge in [0.05, 0.1) is 5.56 Å². The summed E-state index contributed by atoms with van der Waals surface area (Å²) in [7, 11) is -0.796. The van der Waals surface area contributed by atoms with Gasteiger partial charge in [-0.15, -0.1) is 0 Å². The van der Waals surface area contributed by atoms with Gasteiger partial charge in [0.15, 0.2) is 0 Å². The minimum Gasteiger partial charge on any atom is -0.416 e. The van der Waals surface area contributed by atoms with Crippen LogP contribution in [0, 0.1) is 20.8 Å². The third kappa shape index (κ3) is 2.31. The Bertz CT molecular complexity index is 337. The first-order chi connectivity index (χ1) is 6.56. The van der Waals surface area contributed by atoms with E-state index < -0.39 is 15.0 Å². The standard InChI is InChI=1S/C10H13O3P/c1-6-4-7(2)9(8(3)5-6)10(11)13-14-12/h4-5,12,14H,1-3H3. The first-order valence-electron chi connectivity index (χ1n) is 4.24. The lowest BCUT2D eigenvalue weighted by atomic mass is 10.0. The van der Waals surface area contributed by atoms with Crippen molar-refractivity contribution in [1.29, 1.82) is 0 Å². The number of hydrogen-bond acceptors (Lipinski definition) is 3. The van der Waals surface area contributed by atoms with Crippen molar-refractivity contribution in [2.24, 2.45) is 0 Å². The summed E-state index contributed by atoms with van der Waals surface area (Å²) in [6.45, 7) is 5.69. The normalized spacial score (nSPS) is 10.9. The van der Waals surface area contributed by atoms with E-state index in [1.807, 2.05) is 32.9 Å². The van der Waals surface area contributed by atoms with Crippen molar-refractivity contribution in [2.75, 3.05) is 0 Å². The molecule has 0 spiro atoms. The van der Waals surface area contributed by atoms with Crippen LogP contribution >= 0.6 is 9.03 Å². The maximum absolute atomic E-state index is 11.4. The lowest BCUT2D eigenvalue weighted by molar-refractivity contribution is 0.0746. The Labute approximate surface area is 85.0 Å². The molecule has 1 N–H and O–H groups in total. The Morgan fingerprint density at radius 3 is 2.21 bits per heavy atom. The van der Waals surface area contributed by atoms with Crippen molar-refractivity contribution in [2.45, 2.75) is 20.8 Å². The molecule has 76 valence electrons. The molecule has 0 saturated carbocycles. The van der Waals surface area contributed by atoms with Crippen molar-refractivity contribution in [3.63, 3.8) is 0 Å². The molecule has 1 unspecified atom stereocenters. The molecule has 14 heavy (non-hydrogen) atoms. The van der Waals surface area contributed by atoms with Crippen LogP contribution in [-0.2, 0) is 4.52 Å². The smallest absolute Gasteiger partial charge is 0.343 e. The number of aryl methyl sites for hydroxylation is 3. The second-order valence-electron chi connectivity index (χ2n) is 3.25. The van der Waals surface area contributed by atoms with Gasteiger partial charge in [0, 0.05) is 0 Å². The molecule has 1 aromatic carbocycles. The Balaban J connectivity index is 3.14. The van der Waals surface area contributed by atoms with Crippen LogP contribution in [0.15, 0.2) is 12.1 Å². The largest absolute Gasteiger partial charge is 0.416 e. The lowest BCUT2D eigenvalue weighted by Crippen LogP contribution is -2.05. The fourth-order valence-corrected chi connectivity index (χ4v) is 1.78. The predicted molar refractivity (Wildman–Crippen MR) is 56.6 cm³/mol. The molecule has 0 aliphatic rings. The average Bonchev–Trinajstić information content (AvgIpc) is 2.01. The highest BCUT2D eigenvalue weighted by Gasteiger charge is 2.13. The predicted octanol–water partition coefficient (Wildman–Crippen LogP) is 2.27. The van der Waals surface area contributed by atoms with E-state index in [2.05, 4.69) is 4.52 Å². The SMILES string of the molecule is Cc1cc(C)c(C(=O)OPO)c(C)c1. The summed E-state index contributed by atoms with van der Waals surface area (Å²) in [5.41, 5.74) is 3.43. The first-order valence-corrected chi connectivity index (χ1v) is 5.10. The monoisotopic (exact) mass is 212 g/mol. The Morgan fingerprint density at radius 2 is 1.79 bits per heavy atom. The van der Waals surface area contributed by atoms with Crippen molar-refractivity contribution in [3.05, 3.63) is 34.4 Å². The summed E-state index contributed by atoms with van der Waals surface area (Å²) in [4.78, 5) is 19.9. The quantitative estimate of drug-likeness (QED) is 0.765. The van der Waals surface area contributed by atoms with Gasteiger partial charge in [-0.3, -0.25) is 0 Å². The molecule has 0 saturated heterocycles. The van der Waals surface area contributed by atoms with Gasteiger partial charge in [-0.2, -0.15) is 0 Å². The Kier molecular flexibility index (Phi) is 3.62. The molecule has 0 aromatic heterocycles. The molecule has 0 aliphatic heterocycles. The van der Waals surface area contributed by atoms with Crippen molar-refractivity contribution in [3.8, 4) is 0 Å². The number of hydrogen-bond donors (Lipinski definition) is 1. The first kappa shape index (κ1) is 11.2. The molecule has 1 aromatic rings. The van der Waals surface area contributed by atoms with Crippen molar-refractivity contribution in [1.82, 2.24) is 0 Å². The summed E-state index contributed by atoms with van der Waals surface area (Å²) in [5, 5.41) is 0. The number of rotatable bonds is 2. The lowest BCUT2D eigenvalue weighted by Gasteiger charge is -2.08. The second-order valence-corrected chi connectivity index (χ2v) is 3.64. The zero-order chi connectivity index (χ0) is 10.7. The highest BCUT2D eigenvalue weighted by molar-refractivity contribution is 7.25. The van der Waals surface area contributed by atoms with Crippen LogP contribution in [0.25, 0.3) is 0 Å². The van der Waals surface area contributed by atoms with Gasteiger partial charge in [0.2, 0.25) is 9.03 Å². The van der Waals surface area contributed by atoms with Crippen LogP contribution < -0.4 is 0 Å². The summed E-state index contributed by atoms with van der Waals surface area (Å²) in [6, 6.07) is 3.84. The summed E-state index contributed by atoms with van der Waals surface area (Å²) in [5.74, 6) is -0.458. The number of benzene rings is 1. The molecule has 3 nitrogen and oxygen atoms in total. The topological polar surface area (TPSA) is 46.5 Å². The molecule has 1 rings (SSSR count). The van der Waals surface area contributed by atoms with Gasteiger partial charge in [-0.1, -0.05) is 17.7 Å². The molecule has 1 atom stereocenters. The van der Waals surface area contributed by atoms with E-state index in [9.17, 15) is 4.79 Å². The van der Waals surface area contributed by atoms with E-state index in [1.54, 1.807) is 0 Å². The average molecular weight is 212 g/mol. The fourth-order valence-electron chi connectivity index (χ4n) is 1.59. The summed E-state index contributed by atoms with van der Waals surface area (Å²) in [6.07, 6.45) is 0. The maximum atomic E-state index is 11.4. The van der Waals surface area contributed by atoms with Gasteiger partial charge >= 0.3 is 5.97 Å². The van der Waals surface area contributed by atoms with Gasteiger partial charge in [-0.05, 0) is 31.9 Å². The minimum atomic E-state index is -0.796. The molecule has 4 heteroatoms. The number of carbonyl (C=O) groups is 1. The van der Waals surface area contributed by atoms with Crippen LogP contribution in [0.4, 0.5) is 0 Å². The molecule has 0 bridgehead atoms. The van der Waals surface area contributed by atoms with E-state index in [4.69, 9.17) is 4.89 Å². The fraction of sp³-hybridized carbons (Fsp3) is 0.300. The molecule has 0 radical (unpaired) electrons. The Morgan fingerprint density at radius 1 is 1.29 bits per heavy atom. The zero-order valence-corrected chi connectivity index (χ0v) is 9.42. The van der Waals surface area contributed by atoms with Crippen molar-refractivity contribution < 1.29 is 14.2 Å². The third-order valence-corrected chi connectivity index (χ3v) is 2.30. The Hall–Kier alpha value is -0.920. The number of carbonyl (C=O) groups excluding carboxylic acids is 1. The molecule has 0 fully saturated rings. The van der Waals surface area contributed by atoms with Crippen LogP contribution in [0.1, 0.15) is 27.0 Å². The maximum Gasteiger partial charge on any atom is 0.343 e. The van der Waals surface area contributed by atoms with Crippen LogP contribution in [-0.4, -0.2) is 10.9 Å². The highest BCUT2D eigenvalue weighted by atomic mass is 31.1. The van der Waals surface area contributed by atoms with E-state index in [1.165, 1.54) is 0 Å². The van der Waals surface area contributed by atoms with Gasteiger partial charge in [-0.25, -0.2) is 4.79 Å². The van der Waals surface area contributed by atoms with Gasteiger partial charge in [0.1, 0.15) is 0 Å². The van der Waals surface area contributed by atoms with E-state index in [0.29, 0.717) is 5.56 Å². The third-order valence-electron chi connectivity index (χ3n) is 2.02. The van der Waals surface area contributed by atoms with Crippen LogP contribution in [0.3, 0.4) is 0 Å². The zero-order valence-electron chi connectivity index (χ0n) is 8.42. The molecule has 0 aliphatic carbocycles. The summed E-state index contributed by atoms with van der Waals surface area (Å²) >= 11 is 0. The highest BCUT2D eigenvalue weighted by Crippen LogP contribution is 2.20. The molecule has 0 heterocycles. The van der Waals surface area contributed by atoms with Crippen LogP contribution in [0.2, 0.25) is 0 Å². The van der Waals surface area contributed by atoms with E-state index in [-0.39, 0.29) is 0 Å². The van der Waals surface area contributed by atoms with Gasteiger partial charge in [0.25, 0.3) is 0 Å². The molecular formula is C10H13O3P. The van der Waals surface area contributed by atoms with Gasteiger partial charge < -0.3 is 9.42 Å². The van der Waals surface area contributed by atoms with E-state index in [0.717, 1.165) is 16.7 Å². The summed E-state index contributed by atoms with van der Waals surface area (Å²) < 4.78 is 4.57. The second kappa shape index (κ2) is 4.54. The van der Waals surface area contributed by atoms with E-state index >= 15 is 0 Å². The molecular weight excluding hydrogens is 199 g/mol. The van der Waals surface area contributed by atoms with Crippen molar-refractivity contribution >= 4 is 15.0 Å².